The minimum atomic E-state index is -0.813. The van der Waals surface area contributed by atoms with Crippen molar-refractivity contribution in [1.82, 2.24) is 0 Å². The quantitative estimate of drug-likeness (QED) is 0.644. The first-order chi connectivity index (χ1) is 7.33. The normalized spacial score (nSPS) is 11.4. The Kier molecular flexibility index (Phi) is 4.10. The van der Waals surface area contributed by atoms with Crippen molar-refractivity contribution in [3.05, 3.63) is 23.2 Å². The first-order valence-electron chi connectivity index (χ1n) is 4.74. The molecule has 16 heavy (non-hydrogen) atoms. The predicted octanol–water partition coefficient (Wildman–Crippen LogP) is 3.13. The average molecular weight is 260 g/mol. The zero-order chi connectivity index (χ0) is 12.3. The molecule has 0 aliphatic carbocycles. The van der Waals surface area contributed by atoms with Crippen LogP contribution in [0.5, 0.6) is 0 Å². The molecule has 0 fully saturated rings. The van der Waals surface area contributed by atoms with Gasteiger partial charge in [0, 0.05) is 16.3 Å². The molecule has 0 saturated heterocycles. The van der Waals surface area contributed by atoms with E-state index in [4.69, 9.17) is 22.4 Å². The number of halogens is 1. The number of hydrogen-bond donors (Lipinski definition) is 2. The summed E-state index contributed by atoms with van der Waals surface area (Å²) in [4.78, 5) is 11.8. The monoisotopic (exact) mass is 259 g/mol. The van der Waals surface area contributed by atoms with Crippen LogP contribution in [-0.4, -0.2) is 16.8 Å². The Bertz CT molecular complexity index is 407. The number of anilines is 1. The molecule has 3 nitrogen and oxygen atoms in total. The zero-order valence-electron chi connectivity index (χ0n) is 9.16. The summed E-state index contributed by atoms with van der Waals surface area (Å²) < 4.78 is 0. The van der Waals surface area contributed by atoms with Gasteiger partial charge >= 0.3 is 5.97 Å². The van der Waals surface area contributed by atoms with E-state index in [1.54, 1.807) is 32.0 Å². The van der Waals surface area contributed by atoms with Gasteiger partial charge in [0.05, 0.1) is 10.4 Å². The number of nitrogen functional groups attached to an aromatic ring is 1. The standard InChI is InChI=1S/C11H14ClNO2S/c1-11(2,10(14)15)6-16-9-4-3-7(13)5-8(9)12/h3-5H,6,13H2,1-2H3,(H,14,15). The molecule has 0 aromatic heterocycles. The molecule has 0 heterocycles. The lowest BCUT2D eigenvalue weighted by Gasteiger charge is -2.18. The molecule has 0 bridgehead atoms. The molecule has 0 radical (unpaired) electrons. The Balaban J connectivity index is 2.72. The molecule has 1 rings (SSSR count). The van der Waals surface area contributed by atoms with Crippen molar-refractivity contribution >= 4 is 35.0 Å². The molecular weight excluding hydrogens is 246 g/mol. The first kappa shape index (κ1) is 13.2. The van der Waals surface area contributed by atoms with E-state index in [1.807, 2.05) is 0 Å². The number of rotatable bonds is 4. The molecule has 3 N–H and O–H groups in total. The fourth-order valence-electron chi connectivity index (χ4n) is 0.954. The van der Waals surface area contributed by atoms with Gasteiger partial charge in [-0.1, -0.05) is 11.6 Å². The summed E-state index contributed by atoms with van der Waals surface area (Å²) in [5, 5.41) is 9.53. The molecule has 0 aliphatic heterocycles. The van der Waals surface area contributed by atoms with Gasteiger partial charge in [0.2, 0.25) is 0 Å². The Morgan fingerprint density at radius 2 is 2.19 bits per heavy atom. The van der Waals surface area contributed by atoms with E-state index in [2.05, 4.69) is 0 Å². The third-order valence-electron chi connectivity index (χ3n) is 2.12. The molecule has 0 aliphatic rings. The number of hydrogen-bond acceptors (Lipinski definition) is 3. The zero-order valence-corrected chi connectivity index (χ0v) is 10.7. The highest BCUT2D eigenvalue weighted by Crippen LogP contribution is 2.33. The number of aliphatic carboxylic acids is 1. The molecule has 5 heteroatoms. The summed E-state index contributed by atoms with van der Waals surface area (Å²) in [6, 6.07) is 5.22. The number of benzene rings is 1. The van der Waals surface area contributed by atoms with Crippen LogP contribution in [-0.2, 0) is 4.79 Å². The maximum absolute atomic E-state index is 10.9. The molecule has 1 aromatic rings. The number of nitrogens with two attached hydrogens (primary N) is 1. The number of carboxylic acid groups (broad SMARTS) is 1. The maximum Gasteiger partial charge on any atom is 0.309 e. The Labute approximate surface area is 104 Å². The van der Waals surface area contributed by atoms with E-state index in [0.717, 1.165) is 4.90 Å². The molecular formula is C11H14ClNO2S. The summed E-state index contributed by atoms with van der Waals surface area (Å²) in [5.41, 5.74) is 5.40. The number of carbonyl (C=O) groups is 1. The van der Waals surface area contributed by atoms with E-state index < -0.39 is 11.4 Å². The highest BCUT2D eigenvalue weighted by Gasteiger charge is 2.27. The fourth-order valence-corrected chi connectivity index (χ4v) is 2.31. The van der Waals surface area contributed by atoms with Crippen molar-refractivity contribution in [3.8, 4) is 0 Å². The van der Waals surface area contributed by atoms with Crippen LogP contribution in [0.1, 0.15) is 13.8 Å². The molecule has 88 valence electrons. The van der Waals surface area contributed by atoms with Gasteiger partial charge in [-0.2, -0.15) is 0 Å². The van der Waals surface area contributed by atoms with Crippen LogP contribution in [0, 0.1) is 5.41 Å². The second kappa shape index (κ2) is 4.97. The van der Waals surface area contributed by atoms with Gasteiger partial charge in [0.15, 0.2) is 0 Å². The maximum atomic E-state index is 10.9. The number of thioether (sulfide) groups is 1. The summed E-state index contributed by atoms with van der Waals surface area (Å²) in [6.07, 6.45) is 0. The van der Waals surface area contributed by atoms with E-state index in [1.165, 1.54) is 11.8 Å². The van der Waals surface area contributed by atoms with Crippen LogP contribution in [0.2, 0.25) is 5.02 Å². The summed E-state index contributed by atoms with van der Waals surface area (Å²) in [7, 11) is 0. The van der Waals surface area contributed by atoms with Gasteiger partial charge < -0.3 is 10.8 Å². The van der Waals surface area contributed by atoms with Crippen molar-refractivity contribution in [2.45, 2.75) is 18.7 Å². The predicted molar refractivity (Wildman–Crippen MR) is 68.0 cm³/mol. The molecule has 0 unspecified atom stereocenters. The molecule has 0 spiro atoms. The van der Waals surface area contributed by atoms with E-state index in [9.17, 15) is 4.79 Å². The molecule has 1 aromatic carbocycles. The number of carboxylic acids is 1. The van der Waals surface area contributed by atoms with Crippen LogP contribution in [0.15, 0.2) is 23.1 Å². The minimum absolute atomic E-state index is 0.464. The van der Waals surface area contributed by atoms with Crippen LogP contribution >= 0.6 is 23.4 Å². The summed E-state index contributed by atoms with van der Waals surface area (Å²) in [6.45, 7) is 3.38. The highest BCUT2D eigenvalue weighted by atomic mass is 35.5. The van der Waals surface area contributed by atoms with Gasteiger partial charge in [-0.25, -0.2) is 0 Å². The Hall–Kier alpha value is -0.870. The third kappa shape index (κ3) is 3.32. The molecule has 0 saturated carbocycles. The van der Waals surface area contributed by atoms with Gasteiger partial charge in [-0.3, -0.25) is 4.79 Å². The van der Waals surface area contributed by atoms with Crippen molar-refractivity contribution < 1.29 is 9.90 Å². The SMILES string of the molecule is CC(C)(CSc1ccc(N)cc1Cl)C(=O)O. The lowest BCUT2D eigenvalue weighted by molar-refractivity contribution is -0.145. The van der Waals surface area contributed by atoms with Crippen LogP contribution in [0.25, 0.3) is 0 Å². The Morgan fingerprint density at radius 3 is 2.69 bits per heavy atom. The average Bonchev–Trinajstić information content (AvgIpc) is 2.16. The van der Waals surface area contributed by atoms with Crippen LogP contribution < -0.4 is 5.73 Å². The topological polar surface area (TPSA) is 63.3 Å². The summed E-state index contributed by atoms with van der Waals surface area (Å²) in [5.74, 6) is -0.349. The molecule has 0 amide bonds. The van der Waals surface area contributed by atoms with Crippen molar-refractivity contribution in [2.24, 2.45) is 5.41 Å². The van der Waals surface area contributed by atoms with E-state index in [0.29, 0.717) is 16.5 Å². The van der Waals surface area contributed by atoms with Crippen molar-refractivity contribution in [3.63, 3.8) is 0 Å². The summed E-state index contributed by atoms with van der Waals surface area (Å²) >= 11 is 7.41. The second-order valence-electron chi connectivity index (χ2n) is 4.17. The Morgan fingerprint density at radius 1 is 1.56 bits per heavy atom. The van der Waals surface area contributed by atoms with Crippen molar-refractivity contribution in [1.29, 1.82) is 0 Å². The fraction of sp³-hybridized carbons (Fsp3) is 0.364. The van der Waals surface area contributed by atoms with Gasteiger partial charge in [0.1, 0.15) is 0 Å². The largest absolute Gasteiger partial charge is 0.481 e. The first-order valence-corrected chi connectivity index (χ1v) is 6.10. The highest BCUT2D eigenvalue weighted by molar-refractivity contribution is 7.99. The third-order valence-corrected chi connectivity index (χ3v) is 4.08. The smallest absolute Gasteiger partial charge is 0.309 e. The minimum Gasteiger partial charge on any atom is -0.481 e. The van der Waals surface area contributed by atoms with Gasteiger partial charge in [0.25, 0.3) is 0 Å². The second-order valence-corrected chi connectivity index (χ2v) is 5.59. The van der Waals surface area contributed by atoms with Crippen LogP contribution in [0.4, 0.5) is 5.69 Å². The van der Waals surface area contributed by atoms with Gasteiger partial charge in [-0.05, 0) is 32.0 Å². The van der Waals surface area contributed by atoms with E-state index in [-0.39, 0.29) is 0 Å². The lowest BCUT2D eigenvalue weighted by Crippen LogP contribution is -2.26. The molecule has 0 atom stereocenters. The van der Waals surface area contributed by atoms with E-state index >= 15 is 0 Å². The van der Waals surface area contributed by atoms with Crippen LogP contribution in [0.3, 0.4) is 0 Å². The lowest BCUT2D eigenvalue weighted by atomic mass is 9.97. The van der Waals surface area contributed by atoms with Gasteiger partial charge in [-0.15, -0.1) is 11.8 Å². The van der Waals surface area contributed by atoms with Crippen molar-refractivity contribution in [2.75, 3.05) is 11.5 Å².